The molecule has 0 fully saturated rings. The van der Waals surface area contributed by atoms with E-state index in [9.17, 15) is 29.3 Å². The summed E-state index contributed by atoms with van der Waals surface area (Å²) in [4.78, 5) is 61.3. The summed E-state index contributed by atoms with van der Waals surface area (Å²) in [6, 6.07) is 16.2. The zero-order valence-corrected chi connectivity index (χ0v) is 17.8. The second-order valence-electron chi connectivity index (χ2n) is 7.42. The van der Waals surface area contributed by atoms with Crippen LogP contribution in [-0.2, 0) is 9.53 Å². The van der Waals surface area contributed by atoms with Gasteiger partial charge in [0, 0.05) is 12.1 Å². The highest BCUT2D eigenvalue weighted by atomic mass is 16.6. The lowest BCUT2D eigenvalue weighted by Crippen LogP contribution is -2.29. The summed E-state index contributed by atoms with van der Waals surface area (Å²) in [6.45, 7) is 1.02. The van der Waals surface area contributed by atoms with Crippen molar-refractivity contribution in [2.45, 2.75) is 6.92 Å². The van der Waals surface area contributed by atoms with Gasteiger partial charge in [-0.2, -0.15) is 0 Å². The first-order valence-electron chi connectivity index (χ1n) is 10.1. The quantitative estimate of drug-likeness (QED) is 0.258. The number of ether oxygens (including phenoxy) is 1. The number of hydrogen-bond donors (Lipinski definition) is 1. The van der Waals surface area contributed by atoms with Crippen LogP contribution in [0.2, 0.25) is 0 Å². The number of nitro benzene ring substituents is 1. The number of hydrogen-bond acceptors (Lipinski definition) is 7. The molecule has 0 atom stereocenters. The van der Waals surface area contributed by atoms with Crippen LogP contribution >= 0.6 is 0 Å². The first-order valence-corrected chi connectivity index (χ1v) is 10.1. The minimum absolute atomic E-state index is 0.0355. The van der Waals surface area contributed by atoms with E-state index in [0.717, 1.165) is 4.90 Å². The van der Waals surface area contributed by atoms with Crippen molar-refractivity contribution >= 4 is 40.8 Å². The molecule has 0 unspecified atom stereocenters. The number of nitrogens with one attached hydrogen (secondary N) is 1. The van der Waals surface area contributed by atoms with Crippen LogP contribution < -0.4 is 10.2 Å². The number of fused-ring (bicyclic) bond motifs is 1. The van der Waals surface area contributed by atoms with Gasteiger partial charge in [0.1, 0.15) is 0 Å². The standard InChI is InChI=1S/C24H17N3O7/c1-14-9-10-17(27(32)33)12-20(14)25-21(28)13-34-24(31)15-5-4-6-16(11-15)26-22(29)18-7-2-3-8-19(18)23(26)30/h2-12H,13H2,1H3,(H,25,28). The molecule has 3 amide bonds. The van der Waals surface area contributed by atoms with Gasteiger partial charge >= 0.3 is 5.97 Å². The van der Waals surface area contributed by atoms with Crippen molar-refractivity contribution in [2.24, 2.45) is 0 Å². The van der Waals surface area contributed by atoms with Crippen molar-refractivity contribution in [1.82, 2.24) is 0 Å². The summed E-state index contributed by atoms with van der Waals surface area (Å²) in [5.74, 6) is -2.53. The fourth-order valence-corrected chi connectivity index (χ4v) is 3.45. The number of nitro groups is 1. The number of aryl methyl sites for hydroxylation is 1. The van der Waals surface area contributed by atoms with Gasteiger partial charge in [-0.05, 0) is 42.8 Å². The van der Waals surface area contributed by atoms with Gasteiger partial charge in [-0.25, -0.2) is 9.69 Å². The number of esters is 1. The summed E-state index contributed by atoms with van der Waals surface area (Å²) >= 11 is 0. The van der Waals surface area contributed by atoms with Crippen LogP contribution in [0.25, 0.3) is 0 Å². The van der Waals surface area contributed by atoms with E-state index < -0.39 is 35.2 Å². The fourth-order valence-electron chi connectivity index (χ4n) is 3.45. The van der Waals surface area contributed by atoms with E-state index in [-0.39, 0.29) is 33.8 Å². The topological polar surface area (TPSA) is 136 Å². The highest BCUT2D eigenvalue weighted by Crippen LogP contribution is 2.29. The summed E-state index contributed by atoms with van der Waals surface area (Å²) in [7, 11) is 0. The molecule has 0 spiro atoms. The molecule has 1 aliphatic heterocycles. The molecule has 4 rings (SSSR count). The molecule has 34 heavy (non-hydrogen) atoms. The maximum absolute atomic E-state index is 12.7. The normalized spacial score (nSPS) is 12.3. The predicted molar refractivity (Wildman–Crippen MR) is 121 cm³/mol. The van der Waals surface area contributed by atoms with Crippen molar-refractivity contribution in [3.8, 4) is 0 Å². The third-order valence-corrected chi connectivity index (χ3v) is 5.17. The molecule has 10 nitrogen and oxygen atoms in total. The molecule has 0 saturated carbocycles. The van der Waals surface area contributed by atoms with Gasteiger partial charge in [0.15, 0.2) is 6.61 Å². The lowest BCUT2D eigenvalue weighted by Gasteiger charge is -2.15. The summed E-state index contributed by atoms with van der Waals surface area (Å²) < 4.78 is 5.04. The Balaban J connectivity index is 1.43. The van der Waals surface area contributed by atoms with E-state index in [1.54, 1.807) is 31.2 Å². The van der Waals surface area contributed by atoms with Crippen LogP contribution in [0.5, 0.6) is 0 Å². The number of carbonyl (C=O) groups excluding carboxylic acids is 4. The number of nitrogens with zero attached hydrogens (tertiary/aromatic N) is 2. The van der Waals surface area contributed by atoms with Crippen LogP contribution in [0.1, 0.15) is 36.6 Å². The number of anilines is 2. The first-order chi connectivity index (χ1) is 16.3. The van der Waals surface area contributed by atoms with Gasteiger partial charge in [0.05, 0.1) is 33.0 Å². The van der Waals surface area contributed by atoms with E-state index in [1.807, 2.05) is 0 Å². The van der Waals surface area contributed by atoms with Gasteiger partial charge in [-0.1, -0.05) is 24.3 Å². The molecule has 0 aliphatic carbocycles. The second-order valence-corrected chi connectivity index (χ2v) is 7.42. The molecular formula is C24H17N3O7. The van der Waals surface area contributed by atoms with Crippen molar-refractivity contribution in [3.63, 3.8) is 0 Å². The summed E-state index contributed by atoms with van der Waals surface area (Å²) in [5, 5.41) is 13.4. The molecule has 10 heteroatoms. The monoisotopic (exact) mass is 459 g/mol. The Hall–Kier alpha value is -4.86. The number of carbonyl (C=O) groups is 4. The maximum atomic E-state index is 12.7. The third-order valence-electron chi connectivity index (χ3n) is 5.17. The first kappa shape index (κ1) is 22.3. The molecule has 3 aromatic carbocycles. The Morgan fingerprint density at radius 2 is 1.65 bits per heavy atom. The van der Waals surface area contributed by atoms with Crippen molar-refractivity contribution in [2.75, 3.05) is 16.8 Å². The van der Waals surface area contributed by atoms with Crippen LogP contribution in [0.3, 0.4) is 0 Å². The van der Waals surface area contributed by atoms with Crippen LogP contribution in [-0.4, -0.2) is 35.2 Å². The maximum Gasteiger partial charge on any atom is 0.338 e. The molecule has 1 aliphatic rings. The van der Waals surface area contributed by atoms with E-state index in [2.05, 4.69) is 5.32 Å². The van der Waals surface area contributed by atoms with Gasteiger partial charge in [0.2, 0.25) is 0 Å². The Morgan fingerprint density at radius 1 is 0.971 bits per heavy atom. The average molecular weight is 459 g/mol. The number of amides is 3. The Labute approximate surface area is 192 Å². The Morgan fingerprint density at radius 3 is 2.29 bits per heavy atom. The van der Waals surface area contributed by atoms with Gasteiger partial charge in [-0.3, -0.25) is 24.5 Å². The van der Waals surface area contributed by atoms with Crippen LogP contribution in [0.15, 0.2) is 66.7 Å². The minimum atomic E-state index is -0.843. The molecule has 0 radical (unpaired) electrons. The molecule has 170 valence electrons. The smallest absolute Gasteiger partial charge is 0.338 e. The van der Waals surface area contributed by atoms with Crippen molar-refractivity contribution in [3.05, 3.63) is 99.1 Å². The molecule has 0 aromatic heterocycles. The zero-order valence-electron chi connectivity index (χ0n) is 17.8. The highest BCUT2D eigenvalue weighted by molar-refractivity contribution is 6.34. The van der Waals surface area contributed by atoms with Crippen LogP contribution in [0, 0.1) is 17.0 Å². The van der Waals surface area contributed by atoms with Crippen molar-refractivity contribution < 1.29 is 28.8 Å². The second kappa shape index (κ2) is 8.94. The molecule has 1 N–H and O–H groups in total. The molecular weight excluding hydrogens is 442 g/mol. The van der Waals surface area contributed by atoms with E-state index >= 15 is 0 Å². The Kier molecular flexibility index (Phi) is 5.88. The highest BCUT2D eigenvalue weighted by Gasteiger charge is 2.36. The van der Waals surface area contributed by atoms with Crippen LogP contribution in [0.4, 0.5) is 17.1 Å². The van der Waals surface area contributed by atoms with Gasteiger partial charge in [0.25, 0.3) is 23.4 Å². The summed E-state index contributed by atoms with van der Waals surface area (Å²) in [5.41, 5.74) is 1.40. The molecule has 0 saturated heterocycles. The lowest BCUT2D eigenvalue weighted by atomic mass is 10.1. The number of rotatable bonds is 6. The molecule has 1 heterocycles. The summed E-state index contributed by atoms with van der Waals surface area (Å²) in [6.07, 6.45) is 0. The lowest BCUT2D eigenvalue weighted by molar-refractivity contribution is -0.384. The largest absolute Gasteiger partial charge is 0.452 e. The SMILES string of the molecule is Cc1ccc([N+](=O)[O-])cc1NC(=O)COC(=O)c1cccc(N2C(=O)c3ccccc3C2=O)c1. The number of non-ortho nitro benzene ring substituents is 1. The van der Waals surface area contributed by atoms with Gasteiger partial charge < -0.3 is 10.1 Å². The number of imide groups is 1. The van der Waals surface area contributed by atoms with Gasteiger partial charge in [-0.15, -0.1) is 0 Å². The third kappa shape index (κ3) is 4.24. The van der Waals surface area contributed by atoms with E-state index in [1.165, 1.54) is 42.5 Å². The minimum Gasteiger partial charge on any atom is -0.452 e. The molecule has 0 bridgehead atoms. The van der Waals surface area contributed by atoms with Crippen molar-refractivity contribution in [1.29, 1.82) is 0 Å². The van der Waals surface area contributed by atoms with E-state index in [0.29, 0.717) is 5.56 Å². The predicted octanol–water partition coefficient (Wildman–Crippen LogP) is 3.50. The average Bonchev–Trinajstić information content (AvgIpc) is 3.09. The Bertz CT molecular complexity index is 1330. The van der Waals surface area contributed by atoms with E-state index in [4.69, 9.17) is 4.74 Å². The fraction of sp³-hybridized carbons (Fsp3) is 0.0833. The molecule has 3 aromatic rings. The zero-order chi connectivity index (χ0) is 24.4. The number of benzene rings is 3.